The first-order chi connectivity index (χ1) is 15.5. The van der Waals surface area contributed by atoms with Crippen LogP contribution in [0.3, 0.4) is 0 Å². The van der Waals surface area contributed by atoms with Crippen LogP contribution in [0, 0.1) is 17.7 Å². The van der Waals surface area contributed by atoms with Gasteiger partial charge in [-0.3, -0.25) is 9.59 Å². The van der Waals surface area contributed by atoms with E-state index in [0.717, 1.165) is 23.8 Å². The molecule has 0 aromatic heterocycles. The lowest BCUT2D eigenvalue weighted by atomic mass is 9.81. The van der Waals surface area contributed by atoms with Gasteiger partial charge >= 0.3 is 0 Å². The quantitative estimate of drug-likeness (QED) is 0.584. The van der Waals surface area contributed by atoms with Crippen LogP contribution in [-0.2, 0) is 11.3 Å². The lowest BCUT2D eigenvalue weighted by Crippen LogP contribution is -2.44. The summed E-state index contributed by atoms with van der Waals surface area (Å²) in [5.74, 6) is 0.171. The van der Waals surface area contributed by atoms with Gasteiger partial charge in [-0.05, 0) is 58.9 Å². The molecule has 1 aliphatic rings. The van der Waals surface area contributed by atoms with Crippen molar-refractivity contribution < 1.29 is 14.0 Å². The first kappa shape index (κ1) is 22.0. The smallest absolute Gasteiger partial charge is 0.253 e. The van der Waals surface area contributed by atoms with Gasteiger partial charge in [0.25, 0.3) is 5.91 Å². The van der Waals surface area contributed by atoms with Crippen molar-refractivity contribution in [3.05, 3.63) is 83.7 Å². The highest BCUT2D eigenvalue weighted by Crippen LogP contribution is 2.30. The van der Waals surface area contributed by atoms with Crippen LogP contribution >= 0.6 is 0 Å². The Bertz CT molecular complexity index is 1090. The topological polar surface area (TPSA) is 49.4 Å². The molecular weight excluding hydrogens is 403 g/mol. The van der Waals surface area contributed by atoms with Gasteiger partial charge in [-0.15, -0.1) is 0 Å². The Morgan fingerprint density at radius 1 is 1.00 bits per heavy atom. The number of hydrogen-bond donors (Lipinski definition) is 1. The first-order valence-electron chi connectivity index (χ1n) is 11.3. The van der Waals surface area contributed by atoms with Gasteiger partial charge in [0.15, 0.2) is 0 Å². The summed E-state index contributed by atoms with van der Waals surface area (Å²) in [6, 6.07) is 20.0. The molecule has 0 saturated carbocycles. The van der Waals surface area contributed by atoms with Crippen molar-refractivity contribution in [2.45, 2.75) is 32.7 Å². The summed E-state index contributed by atoms with van der Waals surface area (Å²) in [5, 5.41) is 5.42. The van der Waals surface area contributed by atoms with E-state index in [1.54, 1.807) is 0 Å². The van der Waals surface area contributed by atoms with Crippen molar-refractivity contribution >= 4 is 22.6 Å². The van der Waals surface area contributed by atoms with Gasteiger partial charge in [0, 0.05) is 31.6 Å². The maximum absolute atomic E-state index is 13.2. The maximum atomic E-state index is 13.2. The normalized spacial score (nSPS) is 18.5. The Morgan fingerprint density at radius 3 is 2.53 bits per heavy atom. The molecule has 2 amide bonds. The molecule has 4 rings (SSSR count). The number of fused-ring (bicyclic) bond motifs is 1. The first-order valence-corrected chi connectivity index (χ1v) is 11.3. The zero-order valence-corrected chi connectivity index (χ0v) is 18.4. The van der Waals surface area contributed by atoms with E-state index in [4.69, 9.17) is 0 Å². The highest BCUT2D eigenvalue weighted by molar-refractivity contribution is 5.94. The average molecular weight is 433 g/mol. The van der Waals surface area contributed by atoms with Crippen LogP contribution in [0.2, 0.25) is 0 Å². The lowest BCUT2D eigenvalue weighted by molar-refractivity contribution is -0.123. The van der Waals surface area contributed by atoms with Gasteiger partial charge in [0.2, 0.25) is 5.91 Å². The van der Waals surface area contributed by atoms with Crippen LogP contribution < -0.4 is 5.32 Å². The molecule has 1 aliphatic heterocycles. The van der Waals surface area contributed by atoms with Crippen molar-refractivity contribution in [3.8, 4) is 0 Å². The molecule has 1 heterocycles. The van der Waals surface area contributed by atoms with E-state index in [2.05, 4.69) is 36.5 Å². The number of carbonyl (C=O) groups is 2. The van der Waals surface area contributed by atoms with Gasteiger partial charge in [0.05, 0.1) is 0 Å². The van der Waals surface area contributed by atoms with Gasteiger partial charge < -0.3 is 10.2 Å². The van der Waals surface area contributed by atoms with E-state index in [0.29, 0.717) is 31.6 Å². The third kappa shape index (κ3) is 4.98. The Labute approximate surface area is 188 Å². The molecule has 1 saturated heterocycles. The van der Waals surface area contributed by atoms with Gasteiger partial charge in [-0.1, -0.05) is 55.8 Å². The van der Waals surface area contributed by atoms with Crippen molar-refractivity contribution in [1.29, 1.82) is 0 Å². The molecule has 0 spiro atoms. The van der Waals surface area contributed by atoms with Crippen LogP contribution in [0.1, 0.15) is 42.1 Å². The fourth-order valence-corrected chi connectivity index (χ4v) is 4.72. The summed E-state index contributed by atoms with van der Waals surface area (Å²) in [7, 11) is 0. The number of hydrogen-bond acceptors (Lipinski definition) is 2. The summed E-state index contributed by atoms with van der Waals surface area (Å²) in [6.07, 6.45) is 2.18. The number of nitrogens with one attached hydrogen (secondary N) is 1. The molecule has 3 aromatic rings. The van der Waals surface area contributed by atoms with E-state index < -0.39 is 0 Å². The molecule has 2 atom stereocenters. The van der Waals surface area contributed by atoms with Crippen LogP contribution in [0.15, 0.2) is 66.7 Å². The van der Waals surface area contributed by atoms with Gasteiger partial charge in [-0.25, -0.2) is 4.39 Å². The second kappa shape index (κ2) is 9.94. The monoisotopic (exact) mass is 432 g/mol. The third-order valence-corrected chi connectivity index (χ3v) is 6.60. The van der Waals surface area contributed by atoms with E-state index in [9.17, 15) is 14.0 Å². The number of nitrogens with zero attached hydrogens (tertiary/aromatic N) is 1. The molecule has 4 nitrogen and oxygen atoms in total. The summed E-state index contributed by atoms with van der Waals surface area (Å²) in [4.78, 5) is 27.4. The highest BCUT2D eigenvalue weighted by atomic mass is 19.1. The maximum Gasteiger partial charge on any atom is 0.253 e. The minimum Gasteiger partial charge on any atom is -0.352 e. The van der Waals surface area contributed by atoms with Gasteiger partial charge in [0.1, 0.15) is 5.82 Å². The van der Waals surface area contributed by atoms with Crippen LogP contribution in [0.5, 0.6) is 0 Å². The average Bonchev–Trinajstić information content (AvgIpc) is 2.83. The predicted octanol–water partition coefficient (Wildman–Crippen LogP) is 5.17. The lowest BCUT2D eigenvalue weighted by Gasteiger charge is -2.38. The fraction of sp³-hybridized carbons (Fsp3) is 0.333. The number of halogens is 1. The van der Waals surface area contributed by atoms with E-state index in [1.165, 1.54) is 29.7 Å². The van der Waals surface area contributed by atoms with Crippen molar-refractivity contribution in [2.75, 3.05) is 13.1 Å². The fourth-order valence-electron chi connectivity index (χ4n) is 4.72. The number of carbonyl (C=O) groups excluding carboxylic acids is 2. The molecular formula is C27H29FN2O2. The summed E-state index contributed by atoms with van der Waals surface area (Å²) >= 11 is 0. The molecule has 3 aromatic carbocycles. The molecule has 0 unspecified atom stereocenters. The molecule has 0 aliphatic carbocycles. The van der Waals surface area contributed by atoms with Crippen molar-refractivity contribution in [2.24, 2.45) is 11.8 Å². The minimum absolute atomic E-state index is 0.0553. The second-order valence-corrected chi connectivity index (χ2v) is 8.59. The van der Waals surface area contributed by atoms with E-state index in [1.807, 2.05) is 23.1 Å². The Hall–Kier alpha value is -3.21. The number of likely N-dealkylation sites (tertiary alicyclic amines) is 1. The van der Waals surface area contributed by atoms with Gasteiger partial charge in [-0.2, -0.15) is 0 Å². The Balaban J connectivity index is 1.33. The van der Waals surface area contributed by atoms with Crippen LogP contribution in [-0.4, -0.2) is 29.8 Å². The van der Waals surface area contributed by atoms with Crippen LogP contribution in [0.4, 0.5) is 4.39 Å². The van der Waals surface area contributed by atoms with E-state index in [-0.39, 0.29) is 29.5 Å². The highest BCUT2D eigenvalue weighted by Gasteiger charge is 2.32. The molecule has 1 N–H and O–H groups in total. The molecule has 166 valence electrons. The number of piperidine rings is 1. The standard InChI is InChI=1S/C27H29FN2O2/c1-2-19-18-30(27(32)21-10-12-24(28)13-11-21)15-14-22(19)16-26(31)29-17-23-8-5-7-20-6-3-4-9-25(20)23/h3-13,19,22H,2,14-18H2,1H3,(H,29,31)/t19-,22+/m1/s1. The largest absolute Gasteiger partial charge is 0.352 e. The van der Waals surface area contributed by atoms with E-state index >= 15 is 0 Å². The minimum atomic E-state index is -0.346. The summed E-state index contributed by atoms with van der Waals surface area (Å²) < 4.78 is 13.2. The molecule has 0 radical (unpaired) electrons. The summed E-state index contributed by atoms with van der Waals surface area (Å²) in [6.45, 7) is 3.87. The van der Waals surface area contributed by atoms with Crippen molar-refractivity contribution in [1.82, 2.24) is 10.2 Å². The van der Waals surface area contributed by atoms with Crippen LogP contribution in [0.25, 0.3) is 10.8 Å². The molecule has 5 heteroatoms. The third-order valence-electron chi connectivity index (χ3n) is 6.60. The number of amides is 2. The van der Waals surface area contributed by atoms with Crippen molar-refractivity contribution in [3.63, 3.8) is 0 Å². The SMILES string of the molecule is CC[C@@H]1CN(C(=O)c2ccc(F)cc2)CC[C@H]1CC(=O)NCc1cccc2ccccc12. The second-order valence-electron chi connectivity index (χ2n) is 8.59. The Kier molecular flexibility index (Phi) is 6.84. The molecule has 1 fully saturated rings. The zero-order chi connectivity index (χ0) is 22.5. The molecule has 0 bridgehead atoms. The zero-order valence-electron chi connectivity index (χ0n) is 18.4. The molecule has 32 heavy (non-hydrogen) atoms. The predicted molar refractivity (Wildman–Crippen MR) is 125 cm³/mol. The Morgan fingerprint density at radius 2 is 1.75 bits per heavy atom. The number of benzene rings is 3. The number of rotatable bonds is 6. The summed E-state index contributed by atoms with van der Waals surface area (Å²) in [5.41, 5.74) is 1.62.